The van der Waals surface area contributed by atoms with Crippen molar-refractivity contribution in [2.45, 2.75) is 174 Å². The van der Waals surface area contributed by atoms with Crippen LogP contribution in [0.4, 0.5) is 0 Å². The number of hydrogen-bond donors (Lipinski definition) is 8. The lowest BCUT2D eigenvalue weighted by Crippen LogP contribution is -2.68. The van der Waals surface area contributed by atoms with Gasteiger partial charge in [-0.3, -0.25) is 9.59 Å². The summed E-state index contributed by atoms with van der Waals surface area (Å²) in [5.41, 5.74) is -1.51. The van der Waals surface area contributed by atoms with Crippen molar-refractivity contribution in [3.8, 4) is 0 Å². The standard InChI is InChI=1S/C42H64O15/c1-37(2)23-8-11-42(7)32(21(44)16-19-20-17-39(4,36(52)53)13-12-38(20,3)14-15-41(19,42)6)40(23,5)10-9-24(37)55-35-31(27(47)25(45)22(18-43)54-35)57-34-29(49)26(46)28(48)30(56-34)33(50)51/h16,20,22-32,34-35,43,45-49H,8-15,17-18H2,1-7H3,(H,50,51)(H,52,53)/t20-,22+,23-,24?,25+,26-,27-,28-,29+,30-,31+,32+,34-,35-,38+,39-,40-,41+,42+/m0/s1. The average Bonchev–Trinajstić information content (AvgIpc) is 3.13. The minimum Gasteiger partial charge on any atom is -0.481 e. The second-order valence-corrected chi connectivity index (χ2v) is 20.6. The lowest BCUT2D eigenvalue weighted by molar-refractivity contribution is -0.375. The molecular weight excluding hydrogens is 744 g/mol. The van der Waals surface area contributed by atoms with Crippen LogP contribution in [0, 0.1) is 50.2 Å². The van der Waals surface area contributed by atoms with E-state index >= 15 is 0 Å². The van der Waals surface area contributed by atoms with Gasteiger partial charge in [0.2, 0.25) is 0 Å². The van der Waals surface area contributed by atoms with Crippen LogP contribution in [0.1, 0.15) is 106 Å². The van der Waals surface area contributed by atoms with Gasteiger partial charge < -0.3 is 59.8 Å². The van der Waals surface area contributed by atoms with Crippen molar-refractivity contribution >= 4 is 17.7 Å². The third-order valence-electron chi connectivity index (χ3n) is 17.3. The van der Waals surface area contributed by atoms with Crippen LogP contribution in [-0.4, -0.2) is 133 Å². The first-order chi connectivity index (χ1) is 26.4. The molecule has 2 aliphatic heterocycles. The van der Waals surface area contributed by atoms with Crippen molar-refractivity contribution in [2.75, 3.05) is 6.61 Å². The summed E-state index contributed by atoms with van der Waals surface area (Å²) < 4.78 is 23.8. The lowest BCUT2D eigenvalue weighted by Gasteiger charge is -2.70. The van der Waals surface area contributed by atoms with Crippen molar-refractivity contribution in [1.82, 2.24) is 0 Å². The summed E-state index contributed by atoms with van der Waals surface area (Å²) in [4.78, 5) is 39.1. The van der Waals surface area contributed by atoms with Gasteiger partial charge in [0.15, 0.2) is 24.5 Å². The maximum Gasteiger partial charge on any atom is 0.335 e. The minimum absolute atomic E-state index is 0.00433. The van der Waals surface area contributed by atoms with E-state index in [-0.39, 0.29) is 39.8 Å². The molecule has 2 saturated heterocycles. The Hall–Kier alpha value is -2.05. The molecule has 1 unspecified atom stereocenters. The topological polar surface area (TPSA) is 250 Å². The fraction of sp³-hybridized carbons (Fsp3) is 0.881. The molecule has 0 aromatic rings. The number of ketones is 1. The van der Waals surface area contributed by atoms with Gasteiger partial charge >= 0.3 is 11.9 Å². The summed E-state index contributed by atoms with van der Waals surface area (Å²) in [7, 11) is 0. The molecule has 0 radical (unpaired) electrons. The van der Waals surface area contributed by atoms with E-state index in [1.54, 1.807) is 0 Å². The Bertz CT molecular complexity index is 1650. The van der Waals surface area contributed by atoms with Gasteiger partial charge in [0.25, 0.3) is 0 Å². The molecule has 7 aliphatic rings. The summed E-state index contributed by atoms with van der Waals surface area (Å²) >= 11 is 0. The van der Waals surface area contributed by atoms with Gasteiger partial charge in [0.1, 0.15) is 42.7 Å². The summed E-state index contributed by atoms with van der Waals surface area (Å²) in [6.07, 6.45) is -9.70. The molecular formula is C42H64O15. The fourth-order valence-corrected chi connectivity index (χ4v) is 13.4. The first-order valence-corrected chi connectivity index (χ1v) is 20.8. The van der Waals surface area contributed by atoms with Gasteiger partial charge in [0, 0.05) is 5.92 Å². The van der Waals surface area contributed by atoms with E-state index in [1.807, 2.05) is 13.0 Å². The second kappa shape index (κ2) is 14.3. The number of fused-ring (bicyclic) bond motifs is 7. The number of allylic oxidation sites excluding steroid dienone is 2. The molecule has 0 aromatic heterocycles. The molecule has 5 aliphatic carbocycles. The Balaban J connectivity index is 1.16. The third kappa shape index (κ3) is 6.31. The molecule has 0 spiro atoms. The van der Waals surface area contributed by atoms with Crippen LogP contribution in [0.5, 0.6) is 0 Å². The zero-order chi connectivity index (χ0) is 42.0. The second-order valence-electron chi connectivity index (χ2n) is 20.6. The molecule has 15 heteroatoms. The zero-order valence-corrected chi connectivity index (χ0v) is 34.2. The lowest BCUT2D eigenvalue weighted by atomic mass is 9.33. The maximum atomic E-state index is 14.8. The van der Waals surface area contributed by atoms with Crippen molar-refractivity contribution < 1.29 is 74.2 Å². The molecule has 15 nitrogen and oxygen atoms in total. The van der Waals surface area contributed by atoms with Gasteiger partial charge in [-0.15, -0.1) is 0 Å². The van der Waals surface area contributed by atoms with Gasteiger partial charge in [-0.1, -0.05) is 47.1 Å². The molecule has 0 bridgehead atoms. The number of aliphatic hydroxyl groups excluding tert-OH is 6. The van der Waals surface area contributed by atoms with Crippen LogP contribution in [0.25, 0.3) is 0 Å². The smallest absolute Gasteiger partial charge is 0.335 e. The third-order valence-corrected chi connectivity index (χ3v) is 17.3. The van der Waals surface area contributed by atoms with Gasteiger partial charge in [-0.2, -0.15) is 0 Å². The summed E-state index contributed by atoms with van der Waals surface area (Å²) in [5.74, 6) is -2.62. The van der Waals surface area contributed by atoms with E-state index in [2.05, 4.69) is 41.5 Å². The molecule has 322 valence electrons. The Morgan fingerprint density at radius 1 is 0.772 bits per heavy atom. The highest BCUT2D eigenvalue weighted by Crippen LogP contribution is 2.75. The van der Waals surface area contributed by atoms with Crippen LogP contribution in [0.15, 0.2) is 11.6 Å². The highest BCUT2D eigenvalue weighted by Gasteiger charge is 2.71. The van der Waals surface area contributed by atoms with Crippen LogP contribution < -0.4 is 0 Å². The molecule has 57 heavy (non-hydrogen) atoms. The molecule has 0 amide bonds. The van der Waals surface area contributed by atoms with E-state index in [1.165, 1.54) is 0 Å². The number of ether oxygens (including phenoxy) is 4. The molecule has 6 fully saturated rings. The number of carbonyl (C=O) groups is 3. The van der Waals surface area contributed by atoms with E-state index in [0.717, 1.165) is 37.7 Å². The van der Waals surface area contributed by atoms with Crippen molar-refractivity contribution in [3.05, 3.63) is 11.6 Å². The van der Waals surface area contributed by atoms with Crippen LogP contribution in [0.2, 0.25) is 0 Å². The Morgan fingerprint density at radius 2 is 1.44 bits per heavy atom. The highest BCUT2D eigenvalue weighted by atomic mass is 16.8. The predicted octanol–water partition coefficient (Wildman–Crippen LogP) is 2.15. The normalized spacial score (nSPS) is 53.4. The summed E-state index contributed by atoms with van der Waals surface area (Å²) in [6.45, 7) is 14.4. The Morgan fingerprint density at radius 3 is 2.07 bits per heavy atom. The van der Waals surface area contributed by atoms with E-state index in [0.29, 0.717) is 25.7 Å². The monoisotopic (exact) mass is 808 g/mol. The summed E-state index contributed by atoms with van der Waals surface area (Å²) in [5, 5.41) is 83.3. The number of hydrogen-bond acceptors (Lipinski definition) is 13. The van der Waals surface area contributed by atoms with Crippen molar-refractivity contribution in [3.63, 3.8) is 0 Å². The number of aliphatic carboxylic acids is 2. The van der Waals surface area contributed by atoms with Crippen molar-refractivity contribution in [2.24, 2.45) is 50.2 Å². The Labute approximate surface area is 333 Å². The maximum absolute atomic E-state index is 14.8. The van der Waals surface area contributed by atoms with Crippen molar-refractivity contribution in [1.29, 1.82) is 0 Å². The number of aliphatic hydroxyl groups is 6. The molecule has 19 atom stereocenters. The highest BCUT2D eigenvalue weighted by molar-refractivity contribution is 5.95. The summed E-state index contributed by atoms with van der Waals surface area (Å²) in [6, 6.07) is 0. The number of carboxylic acids is 2. The molecule has 2 heterocycles. The predicted molar refractivity (Wildman–Crippen MR) is 199 cm³/mol. The number of carboxylic acid groups (broad SMARTS) is 2. The SMILES string of the molecule is CC1(C)C(O[C@@H]2O[C@H](CO)[C@@H](O)[C@H](O)[C@H]2O[C@@H]2O[C@H](C(=O)O)[C@@H](O)[C@H](O)[C@H]2O)CC[C@]2(C)[C@H]3C(=O)C=C4[C@@H]5C[C@@](C)(C(=O)O)CC[C@]5(C)CC[C@@]4(C)[C@]3(C)CC[C@@H]12. The van der Waals surface area contributed by atoms with E-state index in [4.69, 9.17) is 18.9 Å². The molecule has 4 saturated carbocycles. The van der Waals surface area contributed by atoms with Gasteiger partial charge in [-0.25, -0.2) is 4.79 Å². The van der Waals surface area contributed by atoms with Crippen LogP contribution in [-0.2, 0) is 33.3 Å². The number of rotatable bonds is 7. The van der Waals surface area contributed by atoms with Crippen LogP contribution >= 0.6 is 0 Å². The number of carbonyl (C=O) groups excluding carboxylic acids is 1. The molecule has 0 aromatic carbocycles. The van der Waals surface area contributed by atoms with Gasteiger partial charge in [-0.05, 0) is 110 Å². The quantitative estimate of drug-likeness (QED) is 0.172. The van der Waals surface area contributed by atoms with E-state index < -0.39 is 102 Å². The Kier molecular flexibility index (Phi) is 10.8. The molecule has 7 rings (SSSR count). The van der Waals surface area contributed by atoms with Gasteiger partial charge in [0.05, 0.1) is 18.1 Å². The van der Waals surface area contributed by atoms with E-state index in [9.17, 15) is 55.2 Å². The largest absolute Gasteiger partial charge is 0.481 e. The minimum atomic E-state index is -1.98. The fourth-order valence-electron chi connectivity index (χ4n) is 13.4. The average molecular weight is 809 g/mol. The first kappa shape index (κ1) is 43.1. The zero-order valence-electron chi connectivity index (χ0n) is 34.2. The first-order valence-electron chi connectivity index (χ1n) is 20.8. The molecule has 8 N–H and O–H groups in total. The van der Waals surface area contributed by atoms with Crippen LogP contribution in [0.3, 0.4) is 0 Å².